The lowest BCUT2D eigenvalue weighted by atomic mass is 9.86. The SMILES string of the molecule is COc1ccc(C(CBr)C2CCCC2)c(OC)c1. The lowest BCUT2D eigenvalue weighted by Crippen LogP contribution is -2.12. The fraction of sp³-hybridized carbons (Fsp3) is 0.600. The summed E-state index contributed by atoms with van der Waals surface area (Å²) in [6.07, 6.45) is 5.41. The molecule has 1 aliphatic rings. The van der Waals surface area contributed by atoms with Crippen molar-refractivity contribution in [3.8, 4) is 11.5 Å². The zero-order valence-electron chi connectivity index (χ0n) is 11.1. The first-order valence-electron chi connectivity index (χ1n) is 6.58. The highest BCUT2D eigenvalue weighted by Crippen LogP contribution is 2.42. The summed E-state index contributed by atoms with van der Waals surface area (Å²) in [5, 5.41) is 1.00. The Bertz CT molecular complexity index is 386. The lowest BCUT2D eigenvalue weighted by Gasteiger charge is -2.24. The maximum absolute atomic E-state index is 5.53. The van der Waals surface area contributed by atoms with Crippen LogP contribution in [-0.2, 0) is 0 Å². The number of alkyl halides is 1. The fourth-order valence-corrected chi connectivity index (χ4v) is 3.83. The van der Waals surface area contributed by atoms with E-state index in [2.05, 4.69) is 22.0 Å². The zero-order chi connectivity index (χ0) is 13.0. The Balaban J connectivity index is 2.28. The summed E-state index contributed by atoms with van der Waals surface area (Å²) in [5.41, 5.74) is 1.31. The van der Waals surface area contributed by atoms with Crippen LogP contribution in [0.4, 0.5) is 0 Å². The van der Waals surface area contributed by atoms with Gasteiger partial charge in [-0.2, -0.15) is 0 Å². The highest BCUT2D eigenvalue weighted by atomic mass is 79.9. The largest absolute Gasteiger partial charge is 0.497 e. The minimum atomic E-state index is 0.549. The minimum Gasteiger partial charge on any atom is -0.497 e. The van der Waals surface area contributed by atoms with Crippen molar-refractivity contribution < 1.29 is 9.47 Å². The first-order chi connectivity index (χ1) is 8.80. The van der Waals surface area contributed by atoms with Crippen molar-refractivity contribution >= 4 is 15.9 Å². The second kappa shape index (κ2) is 6.46. The van der Waals surface area contributed by atoms with Gasteiger partial charge in [-0.3, -0.25) is 0 Å². The summed E-state index contributed by atoms with van der Waals surface area (Å²) in [7, 11) is 3.42. The van der Waals surface area contributed by atoms with E-state index in [9.17, 15) is 0 Å². The molecule has 2 nitrogen and oxygen atoms in total. The number of hydrogen-bond donors (Lipinski definition) is 0. The molecule has 100 valence electrons. The van der Waals surface area contributed by atoms with Gasteiger partial charge in [-0.25, -0.2) is 0 Å². The molecule has 1 unspecified atom stereocenters. The second-order valence-corrected chi connectivity index (χ2v) is 5.56. The van der Waals surface area contributed by atoms with Gasteiger partial charge in [0, 0.05) is 17.3 Å². The van der Waals surface area contributed by atoms with Crippen LogP contribution in [0.25, 0.3) is 0 Å². The Kier molecular flexibility index (Phi) is 4.93. The smallest absolute Gasteiger partial charge is 0.126 e. The maximum Gasteiger partial charge on any atom is 0.126 e. The van der Waals surface area contributed by atoms with Crippen LogP contribution in [0.15, 0.2) is 18.2 Å². The van der Waals surface area contributed by atoms with Gasteiger partial charge in [-0.05, 0) is 30.4 Å². The Morgan fingerprint density at radius 1 is 1.22 bits per heavy atom. The molecule has 0 radical (unpaired) electrons. The molecule has 18 heavy (non-hydrogen) atoms. The van der Waals surface area contributed by atoms with Gasteiger partial charge in [-0.1, -0.05) is 34.8 Å². The molecule has 1 aliphatic carbocycles. The fourth-order valence-electron chi connectivity index (χ4n) is 2.95. The van der Waals surface area contributed by atoms with Gasteiger partial charge in [0.15, 0.2) is 0 Å². The standard InChI is InChI=1S/C15H21BrO2/c1-17-12-7-8-13(15(9-12)18-2)14(10-16)11-5-3-4-6-11/h7-9,11,14H,3-6,10H2,1-2H3. The van der Waals surface area contributed by atoms with Crippen molar-refractivity contribution in [3.05, 3.63) is 23.8 Å². The van der Waals surface area contributed by atoms with E-state index in [0.29, 0.717) is 5.92 Å². The average molecular weight is 313 g/mol. The Hall–Kier alpha value is -0.700. The van der Waals surface area contributed by atoms with Gasteiger partial charge < -0.3 is 9.47 Å². The molecule has 1 fully saturated rings. The van der Waals surface area contributed by atoms with E-state index in [-0.39, 0.29) is 0 Å². The molecule has 1 aromatic rings. The first kappa shape index (κ1) is 13.7. The molecule has 0 saturated heterocycles. The van der Waals surface area contributed by atoms with Gasteiger partial charge in [-0.15, -0.1) is 0 Å². The number of halogens is 1. The number of methoxy groups -OCH3 is 2. The molecule has 0 spiro atoms. The van der Waals surface area contributed by atoms with E-state index >= 15 is 0 Å². The molecule has 0 amide bonds. The summed E-state index contributed by atoms with van der Waals surface area (Å²) in [5.74, 6) is 3.14. The van der Waals surface area contributed by atoms with Crippen molar-refractivity contribution in [1.82, 2.24) is 0 Å². The molecule has 0 aliphatic heterocycles. The first-order valence-corrected chi connectivity index (χ1v) is 7.70. The molecule has 1 atom stereocenters. The number of hydrogen-bond acceptors (Lipinski definition) is 2. The summed E-state index contributed by atoms with van der Waals surface area (Å²) < 4.78 is 10.8. The summed E-state index contributed by atoms with van der Waals surface area (Å²) in [4.78, 5) is 0. The van der Waals surface area contributed by atoms with Crippen LogP contribution in [0.2, 0.25) is 0 Å². The van der Waals surface area contributed by atoms with Crippen molar-refractivity contribution in [3.63, 3.8) is 0 Å². The van der Waals surface area contributed by atoms with Crippen molar-refractivity contribution in [1.29, 1.82) is 0 Å². The predicted octanol–water partition coefficient (Wildman–Crippen LogP) is 4.37. The monoisotopic (exact) mass is 312 g/mol. The topological polar surface area (TPSA) is 18.5 Å². The highest BCUT2D eigenvalue weighted by Gasteiger charge is 2.27. The summed E-state index contributed by atoms with van der Waals surface area (Å²) in [6, 6.07) is 6.17. The van der Waals surface area contributed by atoms with Gasteiger partial charge in [0.05, 0.1) is 14.2 Å². The molecular weight excluding hydrogens is 292 g/mol. The summed E-state index contributed by atoms with van der Waals surface area (Å²) >= 11 is 3.67. The second-order valence-electron chi connectivity index (χ2n) is 4.91. The Morgan fingerprint density at radius 3 is 2.50 bits per heavy atom. The number of rotatable bonds is 5. The third-order valence-corrected chi connectivity index (χ3v) is 4.67. The Morgan fingerprint density at radius 2 is 1.94 bits per heavy atom. The van der Waals surface area contributed by atoms with Crippen molar-refractivity contribution in [2.24, 2.45) is 5.92 Å². The summed E-state index contributed by atoms with van der Waals surface area (Å²) in [6.45, 7) is 0. The van der Waals surface area contributed by atoms with Gasteiger partial charge in [0.25, 0.3) is 0 Å². The van der Waals surface area contributed by atoms with Crippen LogP contribution in [-0.4, -0.2) is 19.5 Å². The normalized spacial score (nSPS) is 17.7. The molecule has 3 heteroatoms. The molecule has 0 N–H and O–H groups in total. The van der Waals surface area contributed by atoms with E-state index in [4.69, 9.17) is 9.47 Å². The van der Waals surface area contributed by atoms with Crippen LogP contribution >= 0.6 is 15.9 Å². The molecule has 2 rings (SSSR count). The van der Waals surface area contributed by atoms with Crippen LogP contribution in [0, 0.1) is 5.92 Å². The third kappa shape index (κ3) is 2.82. The molecule has 0 heterocycles. The van der Waals surface area contributed by atoms with E-state index in [1.165, 1.54) is 31.2 Å². The van der Waals surface area contributed by atoms with E-state index in [0.717, 1.165) is 22.7 Å². The minimum absolute atomic E-state index is 0.549. The van der Waals surface area contributed by atoms with Crippen molar-refractivity contribution in [2.45, 2.75) is 31.6 Å². The zero-order valence-corrected chi connectivity index (χ0v) is 12.7. The molecule has 1 saturated carbocycles. The average Bonchev–Trinajstić information content (AvgIpc) is 2.94. The predicted molar refractivity (Wildman–Crippen MR) is 78.0 cm³/mol. The van der Waals surface area contributed by atoms with Gasteiger partial charge in [0.1, 0.15) is 11.5 Å². The van der Waals surface area contributed by atoms with Crippen LogP contribution in [0.3, 0.4) is 0 Å². The van der Waals surface area contributed by atoms with E-state index in [1.54, 1.807) is 14.2 Å². The number of benzene rings is 1. The maximum atomic E-state index is 5.53. The van der Waals surface area contributed by atoms with E-state index in [1.807, 2.05) is 12.1 Å². The quantitative estimate of drug-likeness (QED) is 0.751. The third-order valence-electron chi connectivity index (χ3n) is 3.98. The lowest BCUT2D eigenvalue weighted by molar-refractivity contribution is 0.379. The van der Waals surface area contributed by atoms with E-state index < -0.39 is 0 Å². The Labute approximate surface area is 118 Å². The van der Waals surface area contributed by atoms with Crippen LogP contribution in [0.5, 0.6) is 11.5 Å². The highest BCUT2D eigenvalue weighted by molar-refractivity contribution is 9.09. The van der Waals surface area contributed by atoms with Gasteiger partial charge in [0.2, 0.25) is 0 Å². The van der Waals surface area contributed by atoms with Crippen molar-refractivity contribution in [2.75, 3.05) is 19.5 Å². The number of ether oxygens (including phenoxy) is 2. The molecule has 0 bridgehead atoms. The van der Waals surface area contributed by atoms with Crippen LogP contribution in [0.1, 0.15) is 37.2 Å². The van der Waals surface area contributed by atoms with Crippen LogP contribution < -0.4 is 9.47 Å². The van der Waals surface area contributed by atoms with Gasteiger partial charge >= 0.3 is 0 Å². The molecule has 0 aromatic heterocycles. The molecule has 1 aromatic carbocycles. The molecular formula is C15H21BrO2.